The highest BCUT2D eigenvalue weighted by atomic mass is 19.4. The van der Waals surface area contributed by atoms with Crippen LogP contribution in [0.2, 0.25) is 0 Å². The Morgan fingerprint density at radius 2 is 1.53 bits per heavy atom. The number of carboxylic acids is 2. The summed E-state index contributed by atoms with van der Waals surface area (Å²) in [6, 6.07) is 0.403. The number of fused-ring (bicyclic) bond motifs is 1. The molecule has 0 saturated carbocycles. The number of nitrogens with one attached hydrogen (secondary N) is 1. The number of rotatable bonds is 4. The molecule has 36 heavy (non-hydrogen) atoms. The molecule has 0 amide bonds. The second-order valence-corrected chi connectivity index (χ2v) is 8.41. The monoisotopic (exact) mass is 532 g/mol. The van der Waals surface area contributed by atoms with Crippen LogP contribution in [0.1, 0.15) is 37.9 Å². The van der Waals surface area contributed by atoms with Gasteiger partial charge in [0.25, 0.3) is 0 Å². The van der Waals surface area contributed by atoms with Crippen molar-refractivity contribution in [2.45, 2.75) is 57.9 Å². The predicted octanol–water partition coefficient (Wildman–Crippen LogP) is 3.39. The standard InChI is InChI=1S/C17H28N4O.2C2HF3O2/c1-13(2)20-17-15-3-7-21(8-4-16(15)18-12-19-17)11-14-5-9-22-10-6-14;2*3-2(4,5)1(6)7/h12-14H,3-11H2,1-2H3,(H,18,19,20);2*(H,6,7). The lowest BCUT2D eigenvalue weighted by molar-refractivity contribution is -0.193. The third-order valence-corrected chi connectivity index (χ3v) is 5.15. The molecule has 0 unspecified atom stereocenters. The first-order valence-corrected chi connectivity index (χ1v) is 11.1. The van der Waals surface area contributed by atoms with Crippen LogP contribution in [0, 0.1) is 5.92 Å². The van der Waals surface area contributed by atoms with E-state index in [1.54, 1.807) is 6.33 Å². The minimum Gasteiger partial charge on any atom is -0.475 e. The average Bonchev–Trinajstić information content (AvgIpc) is 2.97. The maximum atomic E-state index is 10.6. The Morgan fingerprint density at radius 3 is 2.00 bits per heavy atom. The zero-order chi connectivity index (χ0) is 27.5. The maximum Gasteiger partial charge on any atom is 0.490 e. The number of halogens is 6. The molecule has 206 valence electrons. The molecule has 3 rings (SSSR count). The van der Waals surface area contributed by atoms with E-state index in [2.05, 4.69) is 34.0 Å². The van der Waals surface area contributed by atoms with Crippen molar-refractivity contribution >= 4 is 17.8 Å². The van der Waals surface area contributed by atoms with Crippen LogP contribution >= 0.6 is 0 Å². The van der Waals surface area contributed by atoms with Gasteiger partial charge in [-0.3, -0.25) is 0 Å². The van der Waals surface area contributed by atoms with Gasteiger partial charge in [0.05, 0.1) is 5.69 Å². The molecular formula is C21H30F6N4O5. The van der Waals surface area contributed by atoms with Gasteiger partial charge >= 0.3 is 24.3 Å². The van der Waals surface area contributed by atoms with E-state index in [-0.39, 0.29) is 0 Å². The fourth-order valence-corrected chi connectivity index (χ4v) is 3.45. The van der Waals surface area contributed by atoms with Gasteiger partial charge in [0.1, 0.15) is 12.1 Å². The van der Waals surface area contributed by atoms with Crippen LogP contribution in [-0.2, 0) is 27.2 Å². The Labute approximate surface area is 203 Å². The first-order chi connectivity index (χ1) is 16.6. The molecule has 2 aliphatic heterocycles. The summed E-state index contributed by atoms with van der Waals surface area (Å²) in [6.07, 6.45) is -3.95. The molecule has 0 spiro atoms. The topological polar surface area (TPSA) is 125 Å². The summed E-state index contributed by atoms with van der Waals surface area (Å²) < 4.78 is 68.9. The van der Waals surface area contributed by atoms with Crippen molar-refractivity contribution in [3.63, 3.8) is 0 Å². The summed E-state index contributed by atoms with van der Waals surface area (Å²) >= 11 is 0. The quantitative estimate of drug-likeness (QED) is 0.501. The normalized spacial score (nSPS) is 17.0. The average molecular weight is 532 g/mol. The van der Waals surface area contributed by atoms with Crippen LogP contribution in [0.15, 0.2) is 6.33 Å². The molecule has 1 saturated heterocycles. The van der Waals surface area contributed by atoms with Gasteiger partial charge in [-0.1, -0.05) is 0 Å². The van der Waals surface area contributed by atoms with Gasteiger partial charge in [0.15, 0.2) is 0 Å². The number of hydrogen-bond donors (Lipinski definition) is 3. The summed E-state index contributed by atoms with van der Waals surface area (Å²) in [5, 5.41) is 17.7. The van der Waals surface area contributed by atoms with Gasteiger partial charge in [-0.25, -0.2) is 19.6 Å². The van der Waals surface area contributed by atoms with Crippen LogP contribution < -0.4 is 5.32 Å². The van der Waals surface area contributed by atoms with Crippen molar-refractivity contribution in [3.8, 4) is 0 Å². The number of nitrogens with zero attached hydrogens (tertiary/aromatic N) is 3. The van der Waals surface area contributed by atoms with Crippen LogP contribution in [0.5, 0.6) is 0 Å². The summed E-state index contributed by atoms with van der Waals surface area (Å²) in [5.74, 6) is -3.68. The van der Waals surface area contributed by atoms with E-state index in [1.807, 2.05) is 0 Å². The van der Waals surface area contributed by atoms with E-state index in [0.717, 1.165) is 50.9 Å². The van der Waals surface area contributed by atoms with Gasteiger partial charge in [-0.15, -0.1) is 0 Å². The Morgan fingerprint density at radius 1 is 1.03 bits per heavy atom. The molecule has 1 aromatic rings. The lowest BCUT2D eigenvalue weighted by Gasteiger charge is -2.28. The number of carboxylic acid groups (broad SMARTS) is 2. The number of carbonyl (C=O) groups is 2. The minimum atomic E-state index is -5.08. The second kappa shape index (κ2) is 14.2. The van der Waals surface area contributed by atoms with Crippen LogP contribution in [-0.4, -0.2) is 88.3 Å². The summed E-state index contributed by atoms with van der Waals surface area (Å²) in [4.78, 5) is 29.4. The number of alkyl halides is 6. The lowest BCUT2D eigenvalue weighted by Crippen LogP contribution is -2.34. The largest absolute Gasteiger partial charge is 0.490 e. The highest BCUT2D eigenvalue weighted by molar-refractivity contribution is 5.73. The third kappa shape index (κ3) is 11.8. The van der Waals surface area contributed by atoms with E-state index in [1.165, 1.54) is 30.6 Å². The number of hydrogen-bond acceptors (Lipinski definition) is 7. The van der Waals surface area contributed by atoms with Gasteiger partial charge in [-0.2, -0.15) is 26.3 Å². The third-order valence-electron chi connectivity index (χ3n) is 5.15. The molecular weight excluding hydrogens is 502 g/mol. The molecule has 1 aromatic heterocycles. The van der Waals surface area contributed by atoms with Crippen molar-refractivity contribution in [3.05, 3.63) is 17.6 Å². The molecule has 3 N–H and O–H groups in total. The van der Waals surface area contributed by atoms with Crippen molar-refractivity contribution in [2.24, 2.45) is 5.92 Å². The smallest absolute Gasteiger partial charge is 0.475 e. The molecule has 0 radical (unpaired) electrons. The zero-order valence-electron chi connectivity index (χ0n) is 19.8. The van der Waals surface area contributed by atoms with Gasteiger partial charge in [0, 0.05) is 50.9 Å². The first-order valence-electron chi connectivity index (χ1n) is 11.1. The van der Waals surface area contributed by atoms with Gasteiger partial charge in [0.2, 0.25) is 0 Å². The minimum absolute atomic E-state index is 0.403. The molecule has 0 aliphatic carbocycles. The fraction of sp³-hybridized carbons (Fsp3) is 0.714. The summed E-state index contributed by atoms with van der Waals surface area (Å²) in [5.41, 5.74) is 2.55. The summed E-state index contributed by atoms with van der Waals surface area (Å²) in [6.45, 7) is 9.62. The van der Waals surface area contributed by atoms with Crippen LogP contribution in [0.25, 0.3) is 0 Å². The van der Waals surface area contributed by atoms with Crippen molar-refractivity contribution < 1.29 is 50.9 Å². The van der Waals surface area contributed by atoms with Gasteiger partial charge in [-0.05, 0) is 39.0 Å². The SMILES string of the molecule is CC(C)Nc1ncnc2c1CCN(CC1CCOCC1)CC2.O=C(O)C(F)(F)F.O=C(O)C(F)(F)F. The molecule has 3 heterocycles. The zero-order valence-corrected chi connectivity index (χ0v) is 19.8. The molecule has 15 heteroatoms. The van der Waals surface area contributed by atoms with Crippen molar-refractivity contribution in [1.82, 2.24) is 14.9 Å². The second-order valence-electron chi connectivity index (χ2n) is 8.41. The van der Waals surface area contributed by atoms with E-state index >= 15 is 0 Å². The van der Waals surface area contributed by atoms with Crippen LogP contribution in [0.4, 0.5) is 32.2 Å². The summed E-state index contributed by atoms with van der Waals surface area (Å²) in [7, 11) is 0. The Bertz CT molecular complexity index is 821. The Balaban J connectivity index is 0.000000383. The fourth-order valence-electron chi connectivity index (χ4n) is 3.45. The van der Waals surface area contributed by atoms with E-state index in [0.29, 0.717) is 6.04 Å². The number of ether oxygens (including phenoxy) is 1. The first kappa shape index (κ1) is 31.4. The van der Waals surface area contributed by atoms with Crippen molar-refractivity contribution in [1.29, 1.82) is 0 Å². The Kier molecular flexibility index (Phi) is 12.3. The number of aromatic nitrogens is 2. The highest BCUT2D eigenvalue weighted by Gasteiger charge is 2.38. The lowest BCUT2D eigenvalue weighted by atomic mass is 9.99. The van der Waals surface area contributed by atoms with Crippen LogP contribution in [0.3, 0.4) is 0 Å². The molecule has 1 fully saturated rings. The molecule has 0 atom stereocenters. The van der Waals surface area contributed by atoms with E-state index in [9.17, 15) is 26.3 Å². The van der Waals surface area contributed by atoms with E-state index < -0.39 is 24.3 Å². The molecule has 9 nitrogen and oxygen atoms in total. The molecule has 0 bridgehead atoms. The highest BCUT2D eigenvalue weighted by Crippen LogP contribution is 2.23. The molecule has 2 aliphatic rings. The predicted molar refractivity (Wildman–Crippen MR) is 116 cm³/mol. The molecule has 0 aromatic carbocycles. The van der Waals surface area contributed by atoms with E-state index in [4.69, 9.17) is 24.5 Å². The Hall–Kier alpha value is -2.68. The number of anilines is 1. The van der Waals surface area contributed by atoms with Gasteiger partial charge < -0.3 is 25.2 Å². The maximum absolute atomic E-state index is 10.6. The van der Waals surface area contributed by atoms with Crippen molar-refractivity contribution in [2.75, 3.05) is 38.2 Å². The number of aliphatic carboxylic acids is 2.